The van der Waals surface area contributed by atoms with Crippen LogP contribution >= 0.6 is 0 Å². The third kappa shape index (κ3) is 4.62. The van der Waals surface area contributed by atoms with Crippen LogP contribution in [0.3, 0.4) is 0 Å². The SMILES string of the molecule is COCCCCCC(=O)OCCN1c2ccccc2C(C)(C)C12C=Cc1cc([N+](=O)[O-])ccc1O2. The highest BCUT2D eigenvalue weighted by Crippen LogP contribution is 2.54. The van der Waals surface area contributed by atoms with Crippen LogP contribution in [0.5, 0.6) is 5.75 Å². The maximum absolute atomic E-state index is 12.3. The van der Waals surface area contributed by atoms with Crippen molar-refractivity contribution in [1.82, 2.24) is 0 Å². The normalized spacial score (nSPS) is 19.2. The van der Waals surface area contributed by atoms with Gasteiger partial charge in [-0.15, -0.1) is 0 Å². The van der Waals surface area contributed by atoms with Crippen molar-refractivity contribution in [3.8, 4) is 5.75 Å². The molecule has 1 atom stereocenters. The number of carbonyl (C=O) groups excluding carboxylic acids is 1. The zero-order valence-corrected chi connectivity index (χ0v) is 20.5. The fourth-order valence-corrected chi connectivity index (χ4v) is 5.01. The summed E-state index contributed by atoms with van der Waals surface area (Å²) in [7, 11) is 1.67. The number of nitro benzene ring substituents is 1. The van der Waals surface area contributed by atoms with Crippen LogP contribution in [0.2, 0.25) is 0 Å². The minimum atomic E-state index is -0.869. The van der Waals surface area contributed by atoms with Gasteiger partial charge in [0.15, 0.2) is 0 Å². The summed E-state index contributed by atoms with van der Waals surface area (Å²) in [6.07, 6.45) is 6.88. The molecule has 0 amide bonds. The second-order valence-corrected chi connectivity index (χ2v) is 9.43. The van der Waals surface area contributed by atoms with Crippen molar-refractivity contribution in [2.45, 2.75) is 50.7 Å². The average Bonchev–Trinajstić information content (AvgIpc) is 3.02. The van der Waals surface area contributed by atoms with Crippen LogP contribution in [-0.2, 0) is 19.7 Å². The van der Waals surface area contributed by atoms with E-state index >= 15 is 0 Å². The number of rotatable bonds is 10. The zero-order chi connectivity index (χ0) is 25.1. The number of hydrogen-bond acceptors (Lipinski definition) is 7. The molecule has 8 nitrogen and oxygen atoms in total. The number of non-ortho nitro benzene ring substituents is 1. The van der Waals surface area contributed by atoms with Crippen LogP contribution < -0.4 is 9.64 Å². The molecule has 0 aromatic heterocycles. The van der Waals surface area contributed by atoms with E-state index in [-0.39, 0.29) is 18.3 Å². The molecule has 35 heavy (non-hydrogen) atoms. The lowest BCUT2D eigenvalue weighted by molar-refractivity contribution is -0.384. The molecule has 0 saturated heterocycles. The van der Waals surface area contributed by atoms with E-state index in [2.05, 4.69) is 24.8 Å². The molecule has 2 aromatic carbocycles. The summed E-state index contributed by atoms with van der Waals surface area (Å²) >= 11 is 0. The molecular formula is C27H32N2O6. The van der Waals surface area contributed by atoms with Crippen LogP contribution in [0.4, 0.5) is 11.4 Å². The number of fused-ring (bicyclic) bond motifs is 2. The third-order valence-electron chi connectivity index (χ3n) is 6.93. The lowest BCUT2D eigenvalue weighted by Gasteiger charge is -2.47. The van der Waals surface area contributed by atoms with Crippen LogP contribution in [0.1, 0.15) is 50.7 Å². The molecule has 186 valence electrons. The molecule has 2 aromatic rings. The number of para-hydroxylation sites is 1. The molecular weight excluding hydrogens is 448 g/mol. The van der Waals surface area contributed by atoms with Crippen molar-refractivity contribution in [2.75, 3.05) is 31.8 Å². The number of benzene rings is 2. The van der Waals surface area contributed by atoms with Crippen LogP contribution in [0.25, 0.3) is 6.08 Å². The molecule has 0 fully saturated rings. The van der Waals surface area contributed by atoms with Crippen molar-refractivity contribution in [1.29, 1.82) is 0 Å². The zero-order valence-electron chi connectivity index (χ0n) is 20.5. The molecule has 8 heteroatoms. The molecule has 2 aliphatic heterocycles. The van der Waals surface area contributed by atoms with Gasteiger partial charge < -0.3 is 19.1 Å². The Bertz CT molecular complexity index is 1130. The van der Waals surface area contributed by atoms with Gasteiger partial charge in [0, 0.05) is 43.5 Å². The Balaban J connectivity index is 1.53. The van der Waals surface area contributed by atoms with Crippen LogP contribution in [-0.4, -0.2) is 43.5 Å². The molecule has 2 heterocycles. The van der Waals surface area contributed by atoms with Gasteiger partial charge in [-0.1, -0.05) is 24.6 Å². The Hall–Kier alpha value is -3.39. The summed E-state index contributed by atoms with van der Waals surface area (Å²) in [4.78, 5) is 25.2. The van der Waals surface area contributed by atoms with E-state index in [0.717, 1.165) is 30.5 Å². The number of esters is 1. The fraction of sp³-hybridized carbons (Fsp3) is 0.444. The summed E-state index contributed by atoms with van der Waals surface area (Å²) < 4.78 is 17.3. The molecule has 0 radical (unpaired) electrons. The van der Waals surface area contributed by atoms with E-state index in [1.165, 1.54) is 12.1 Å². The highest BCUT2D eigenvalue weighted by Gasteiger charge is 2.58. The Morgan fingerprint density at radius 3 is 2.69 bits per heavy atom. The van der Waals surface area contributed by atoms with Gasteiger partial charge in [0.25, 0.3) is 5.69 Å². The number of methoxy groups -OCH3 is 1. The molecule has 4 rings (SSSR count). The summed E-state index contributed by atoms with van der Waals surface area (Å²) in [5, 5.41) is 11.2. The van der Waals surface area contributed by atoms with Crippen molar-refractivity contribution >= 4 is 23.4 Å². The molecule has 1 spiro atoms. The maximum Gasteiger partial charge on any atom is 0.305 e. The van der Waals surface area contributed by atoms with Gasteiger partial charge in [0.05, 0.1) is 16.9 Å². The van der Waals surface area contributed by atoms with Gasteiger partial charge in [0.1, 0.15) is 12.4 Å². The lowest BCUT2D eigenvalue weighted by Crippen LogP contribution is -2.60. The van der Waals surface area contributed by atoms with Gasteiger partial charge in [-0.2, -0.15) is 0 Å². The first kappa shape index (κ1) is 24.7. The lowest BCUT2D eigenvalue weighted by atomic mass is 9.76. The highest BCUT2D eigenvalue weighted by atomic mass is 16.6. The van der Waals surface area contributed by atoms with Crippen molar-refractivity contribution in [2.24, 2.45) is 0 Å². The highest BCUT2D eigenvalue weighted by molar-refractivity contribution is 5.73. The number of hydrogen-bond donors (Lipinski definition) is 0. The minimum Gasteiger partial charge on any atom is -0.464 e. The fourth-order valence-electron chi connectivity index (χ4n) is 5.01. The van der Waals surface area contributed by atoms with Gasteiger partial charge in [-0.25, -0.2) is 0 Å². The van der Waals surface area contributed by atoms with Crippen LogP contribution in [0.15, 0.2) is 48.5 Å². The quantitative estimate of drug-likeness (QED) is 0.199. The molecule has 0 N–H and O–H groups in total. The number of nitro groups is 1. The first-order chi connectivity index (χ1) is 16.8. The average molecular weight is 481 g/mol. The van der Waals surface area contributed by atoms with Crippen molar-refractivity contribution < 1.29 is 23.9 Å². The van der Waals surface area contributed by atoms with E-state index in [1.807, 2.05) is 30.4 Å². The van der Waals surface area contributed by atoms with Gasteiger partial charge in [-0.3, -0.25) is 14.9 Å². The monoisotopic (exact) mass is 480 g/mol. The topological polar surface area (TPSA) is 91.1 Å². The number of nitrogens with zero attached hydrogens (tertiary/aromatic N) is 2. The minimum absolute atomic E-state index is 0.0212. The van der Waals surface area contributed by atoms with Gasteiger partial charge >= 0.3 is 5.97 Å². The Labute approximate surface area is 205 Å². The van der Waals surface area contributed by atoms with Crippen molar-refractivity contribution in [3.63, 3.8) is 0 Å². The number of ether oxygens (including phenoxy) is 3. The molecule has 1 unspecified atom stereocenters. The Morgan fingerprint density at radius 1 is 1.11 bits per heavy atom. The molecule has 0 aliphatic carbocycles. The second kappa shape index (κ2) is 10.1. The van der Waals surface area contributed by atoms with E-state index < -0.39 is 16.1 Å². The summed E-state index contributed by atoms with van der Waals surface area (Å²) in [6.45, 7) is 5.62. The van der Waals surface area contributed by atoms with E-state index in [1.54, 1.807) is 13.2 Å². The number of carbonyl (C=O) groups is 1. The molecule has 0 saturated carbocycles. The Morgan fingerprint density at radius 2 is 1.91 bits per heavy atom. The summed E-state index contributed by atoms with van der Waals surface area (Å²) in [5.41, 5.74) is 1.52. The molecule has 2 aliphatic rings. The Kier molecular flexibility index (Phi) is 7.12. The van der Waals surface area contributed by atoms with E-state index in [9.17, 15) is 14.9 Å². The third-order valence-corrected chi connectivity index (χ3v) is 6.93. The van der Waals surface area contributed by atoms with E-state index in [4.69, 9.17) is 14.2 Å². The summed E-state index contributed by atoms with van der Waals surface area (Å²) in [5.74, 6) is 0.373. The maximum atomic E-state index is 12.3. The van der Waals surface area contributed by atoms with Crippen molar-refractivity contribution in [3.05, 3.63) is 69.8 Å². The first-order valence-corrected chi connectivity index (χ1v) is 12.0. The van der Waals surface area contributed by atoms with Gasteiger partial charge in [-0.05, 0) is 56.5 Å². The van der Waals surface area contributed by atoms with Gasteiger partial charge in [0.2, 0.25) is 5.72 Å². The smallest absolute Gasteiger partial charge is 0.305 e. The van der Waals surface area contributed by atoms with Crippen LogP contribution in [0, 0.1) is 10.1 Å². The van der Waals surface area contributed by atoms with E-state index in [0.29, 0.717) is 30.9 Å². The standard InChI is InChI=1S/C27H32N2O6/c1-26(2)22-9-6-7-10-23(22)28(16-18-34-25(30)11-5-4-8-17-33-3)27(26)15-14-20-19-21(29(31)32)12-13-24(20)35-27/h6-7,9-10,12-15,19H,4-5,8,11,16-18H2,1-3H3. The number of unbranched alkanes of at least 4 members (excludes halogenated alkanes) is 2. The first-order valence-electron chi connectivity index (χ1n) is 12.0. The second-order valence-electron chi connectivity index (χ2n) is 9.43. The molecule has 0 bridgehead atoms. The largest absolute Gasteiger partial charge is 0.464 e. The predicted molar refractivity (Wildman–Crippen MR) is 134 cm³/mol. The predicted octanol–water partition coefficient (Wildman–Crippen LogP) is 5.24. The number of anilines is 1. The summed E-state index contributed by atoms with van der Waals surface area (Å²) in [6, 6.07) is 12.8.